The van der Waals surface area contributed by atoms with E-state index in [-0.39, 0.29) is 0 Å². The first-order valence-electron chi connectivity index (χ1n) is 7.76. The first kappa shape index (κ1) is 27.5. The van der Waals surface area contributed by atoms with Gasteiger partial charge in [0.25, 0.3) is 11.4 Å². The van der Waals surface area contributed by atoms with E-state index >= 15 is 4.39 Å². The maximum atomic E-state index is 15.1. The number of rotatable bonds is 8. The summed E-state index contributed by atoms with van der Waals surface area (Å²) in [5, 5.41) is 20.6. The number of nitrogens with one attached hydrogen (secondary N) is 1. The Kier molecular flexibility index (Phi) is 7.56. The monoisotopic (exact) mass is 550 g/mol. The van der Waals surface area contributed by atoms with Crippen molar-refractivity contribution < 1.29 is 70.1 Å². The number of aromatic nitrogens is 2. The average molecular weight is 550 g/mol. The molecule has 22 heteroatoms. The molecule has 0 bridgehead atoms. The van der Waals surface area contributed by atoms with E-state index in [1.165, 1.54) is 0 Å². The molecule has 1 saturated heterocycles. The number of phosphoric acid groups is 3. The summed E-state index contributed by atoms with van der Waals surface area (Å²) in [6.45, 7) is -0.997. The van der Waals surface area contributed by atoms with Gasteiger partial charge in [0.15, 0.2) is 11.0 Å². The Balaban J connectivity index is 2.26. The molecular formula is C10H15F2N2O14P3S. The zero-order chi connectivity index (χ0) is 24.9. The molecule has 1 aromatic heterocycles. The molecule has 1 fully saturated rings. The lowest BCUT2D eigenvalue weighted by atomic mass is 9.95. The molecule has 0 saturated carbocycles. The topological polar surface area (TPSA) is 247 Å². The number of nitrogens with zero attached hydrogens (tertiary/aromatic N) is 1. The summed E-state index contributed by atoms with van der Waals surface area (Å²) in [6.07, 6.45) is -4.21. The molecule has 0 amide bonds. The van der Waals surface area contributed by atoms with Crippen molar-refractivity contribution in [1.29, 1.82) is 0 Å². The van der Waals surface area contributed by atoms with Crippen molar-refractivity contribution in [2.75, 3.05) is 6.61 Å². The second-order valence-corrected chi connectivity index (χ2v) is 11.2. The van der Waals surface area contributed by atoms with Gasteiger partial charge in [0.1, 0.15) is 18.3 Å². The van der Waals surface area contributed by atoms with Gasteiger partial charge in [-0.3, -0.25) is 18.9 Å². The van der Waals surface area contributed by atoms with Gasteiger partial charge in [-0.1, -0.05) is 0 Å². The number of aliphatic hydroxyl groups excluding tert-OH is 1. The largest absolute Gasteiger partial charge is 0.490 e. The summed E-state index contributed by atoms with van der Waals surface area (Å²) in [7, 11) is -17.4. The smallest absolute Gasteiger partial charge is 0.384 e. The van der Waals surface area contributed by atoms with Crippen LogP contribution in [0.15, 0.2) is 11.0 Å². The van der Waals surface area contributed by atoms with Crippen molar-refractivity contribution in [3.8, 4) is 0 Å². The van der Waals surface area contributed by atoms with Crippen LogP contribution >= 0.6 is 35.7 Å². The molecule has 3 unspecified atom stereocenters. The highest BCUT2D eigenvalue weighted by atomic mass is 32.1. The molecule has 6 atom stereocenters. The van der Waals surface area contributed by atoms with Gasteiger partial charge in [-0.05, 0) is 19.1 Å². The summed E-state index contributed by atoms with van der Waals surface area (Å²) in [4.78, 5) is 48.4. The van der Waals surface area contributed by atoms with Gasteiger partial charge in [0.05, 0.1) is 6.20 Å². The van der Waals surface area contributed by atoms with E-state index in [4.69, 9.17) is 31.6 Å². The molecule has 0 spiro atoms. The fourth-order valence-corrected chi connectivity index (χ4v) is 5.77. The second kappa shape index (κ2) is 8.79. The van der Waals surface area contributed by atoms with E-state index in [2.05, 4.69) is 13.1 Å². The highest BCUT2D eigenvalue weighted by molar-refractivity contribution is 7.71. The molecule has 1 aromatic rings. The van der Waals surface area contributed by atoms with Crippen molar-refractivity contribution in [2.24, 2.45) is 0 Å². The molecule has 0 aromatic carbocycles. The van der Waals surface area contributed by atoms with E-state index < -0.39 is 70.0 Å². The van der Waals surface area contributed by atoms with Gasteiger partial charge in [0, 0.05) is 0 Å². The molecule has 1 aliphatic rings. The molecule has 32 heavy (non-hydrogen) atoms. The standard InChI is InChI=1S/C10H15F2N2O14P3S/c1-9(17)6(16)10(12,26-7(9)14-2-4(11)5(15)13-8(14)32)3-25-30(21,22)28-31(23,24)27-29(18,19)20/h2,6-7,16-17H,3H2,1H3,(H,21,22)(H,23,24)(H,13,15,32)(H2,18,19,20)/t6-,7-,9?,10-/m1/s1. The number of alkyl halides is 1. The van der Waals surface area contributed by atoms with Crippen molar-refractivity contribution in [1.82, 2.24) is 9.55 Å². The number of halogens is 2. The minimum Gasteiger partial charge on any atom is -0.384 e. The second-order valence-electron chi connectivity index (χ2n) is 6.39. The van der Waals surface area contributed by atoms with Crippen LogP contribution in [0.3, 0.4) is 0 Å². The first-order chi connectivity index (χ1) is 14.2. The lowest BCUT2D eigenvalue weighted by Gasteiger charge is -2.28. The van der Waals surface area contributed by atoms with Crippen LogP contribution in [-0.4, -0.2) is 63.5 Å². The first-order valence-corrected chi connectivity index (χ1v) is 12.7. The quantitative estimate of drug-likeness (QED) is 0.162. The van der Waals surface area contributed by atoms with E-state index in [0.717, 1.165) is 6.92 Å². The summed E-state index contributed by atoms with van der Waals surface area (Å²) in [5.41, 5.74) is -3.89. The third kappa shape index (κ3) is 6.22. The lowest BCUT2D eigenvalue weighted by molar-refractivity contribution is -0.204. The van der Waals surface area contributed by atoms with Crippen molar-refractivity contribution in [2.45, 2.75) is 30.7 Å². The van der Waals surface area contributed by atoms with Crippen LogP contribution in [-0.2, 0) is 31.6 Å². The zero-order valence-corrected chi connectivity index (χ0v) is 18.8. The van der Waals surface area contributed by atoms with E-state index in [9.17, 15) is 38.0 Å². The van der Waals surface area contributed by atoms with Gasteiger partial charge in [-0.25, -0.2) is 18.1 Å². The fourth-order valence-electron chi connectivity index (χ4n) is 2.50. The van der Waals surface area contributed by atoms with E-state index in [1.807, 2.05) is 4.98 Å². The summed E-state index contributed by atoms with van der Waals surface area (Å²) in [5.74, 6) is -5.00. The summed E-state index contributed by atoms with van der Waals surface area (Å²) >= 11 is 4.75. The average Bonchev–Trinajstić information content (AvgIpc) is 2.74. The van der Waals surface area contributed by atoms with Crippen LogP contribution in [0.4, 0.5) is 8.78 Å². The summed E-state index contributed by atoms with van der Waals surface area (Å²) in [6, 6.07) is 0. The van der Waals surface area contributed by atoms with Gasteiger partial charge in [-0.15, -0.1) is 0 Å². The zero-order valence-electron chi connectivity index (χ0n) is 15.3. The number of phosphoric ester groups is 1. The fraction of sp³-hybridized carbons (Fsp3) is 0.600. The Bertz CT molecular complexity index is 1150. The molecule has 184 valence electrons. The van der Waals surface area contributed by atoms with Crippen molar-refractivity contribution in [3.63, 3.8) is 0 Å². The molecule has 0 radical (unpaired) electrons. The van der Waals surface area contributed by atoms with Crippen molar-refractivity contribution >= 4 is 35.7 Å². The van der Waals surface area contributed by atoms with E-state index in [1.54, 1.807) is 0 Å². The molecule has 1 aliphatic heterocycles. The SMILES string of the molecule is CC1(O)[C@@H](O)[C@@](F)(COP(=O)(O)OP(=O)(O)OP(=O)(O)O)O[C@H]1n1cc(F)c(=O)[nH]c1=S. The van der Waals surface area contributed by atoms with Crippen LogP contribution in [0.2, 0.25) is 0 Å². The van der Waals surface area contributed by atoms with Crippen LogP contribution < -0.4 is 5.56 Å². The Hall–Kier alpha value is -0.750. The van der Waals surface area contributed by atoms with Crippen LogP contribution in [0.1, 0.15) is 13.2 Å². The summed E-state index contributed by atoms with van der Waals surface area (Å²) < 4.78 is 78.0. The normalized spacial score (nSPS) is 32.4. The molecule has 2 rings (SSSR count). The predicted molar refractivity (Wildman–Crippen MR) is 96.3 cm³/mol. The highest BCUT2D eigenvalue weighted by Crippen LogP contribution is 2.66. The van der Waals surface area contributed by atoms with E-state index in [0.29, 0.717) is 10.8 Å². The van der Waals surface area contributed by atoms with Gasteiger partial charge in [-0.2, -0.15) is 13.0 Å². The third-order valence-corrected chi connectivity index (χ3v) is 7.88. The molecule has 0 aliphatic carbocycles. The number of H-pyrrole nitrogens is 1. The van der Waals surface area contributed by atoms with Crippen molar-refractivity contribution in [3.05, 3.63) is 27.1 Å². The molecule has 7 N–H and O–H groups in total. The van der Waals surface area contributed by atoms with Crippen LogP contribution in [0.5, 0.6) is 0 Å². The molecular weight excluding hydrogens is 535 g/mol. The maximum Gasteiger partial charge on any atom is 0.490 e. The number of hydrogen-bond donors (Lipinski definition) is 7. The van der Waals surface area contributed by atoms with Crippen LogP contribution in [0.25, 0.3) is 0 Å². The number of hydrogen-bond acceptors (Lipinski definition) is 11. The predicted octanol–water partition coefficient (Wildman–Crippen LogP) is -0.305. The van der Waals surface area contributed by atoms with Gasteiger partial charge < -0.3 is 34.5 Å². The Morgan fingerprint density at radius 3 is 2.34 bits per heavy atom. The Morgan fingerprint density at radius 1 is 1.25 bits per heavy atom. The minimum atomic E-state index is -5.91. The Labute approximate surface area is 180 Å². The lowest BCUT2D eigenvalue weighted by Crippen LogP contribution is -2.49. The maximum absolute atomic E-state index is 15.1. The number of aromatic amines is 1. The molecule has 16 nitrogen and oxygen atoms in total. The van der Waals surface area contributed by atoms with Gasteiger partial charge in [0.2, 0.25) is 5.82 Å². The highest BCUT2D eigenvalue weighted by Gasteiger charge is 2.63. The number of aliphatic hydroxyl groups is 2. The minimum absolute atomic E-state index is 0.418. The van der Waals surface area contributed by atoms with Crippen LogP contribution in [0, 0.1) is 10.6 Å². The third-order valence-electron chi connectivity index (χ3n) is 3.79. The number of ether oxygens (including phenoxy) is 1. The molecule has 2 heterocycles. The Morgan fingerprint density at radius 2 is 1.81 bits per heavy atom. The van der Waals surface area contributed by atoms with Gasteiger partial charge >= 0.3 is 23.5 Å².